The second-order valence-electron chi connectivity index (χ2n) is 4.35. The van der Waals surface area contributed by atoms with Gasteiger partial charge >= 0.3 is 0 Å². The fraction of sp³-hybridized carbons (Fsp3) is 0.417. The number of carbonyl (C=O) groups is 1. The van der Waals surface area contributed by atoms with E-state index in [-0.39, 0.29) is 12.5 Å². The summed E-state index contributed by atoms with van der Waals surface area (Å²) < 4.78 is 0.693. The van der Waals surface area contributed by atoms with Gasteiger partial charge in [-0.05, 0) is 47.3 Å². The van der Waals surface area contributed by atoms with Crippen molar-refractivity contribution in [3.63, 3.8) is 0 Å². The van der Waals surface area contributed by atoms with Crippen molar-refractivity contribution in [2.45, 2.75) is 24.8 Å². The lowest BCUT2D eigenvalue weighted by Gasteiger charge is -2.41. The number of hydrogen-bond donors (Lipinski definition) is 2. The van der Waals surface area contributed by atoms with Gasteiger partial charge in [0, 0.05) is 4.47 Å². The molecule has 0 aliphatic heterocycles. The summed E-state index contributed by atoms with van der Waals surface area (Å²) in [5.74, 6) is -0.231. The topological polar surface area (TPSA) is 49.3 Å². The summed E-state index contributed by atoms with van der Waals surface area (Å²) in [5.41, 5.74) is -0.0105. The van der Waals surface area contributed by atoms with Crippen molar-refractivity contribution < 1.29 is 9.90 Å². The zero-order valence-electron chi connectivity index (χ0n) is 9.17. The molecule has 3 nitrogen and oxygen atoms in total. The van der Waals surface area contributed by atoms with Crippen molar-refractivity contribution in [2.24, 2.45) is 0 Å². The van der Waals surface area contributed by atoms with Gasteiger partial charge in [-0.3, -0.25) is 4.79 Å². The Hall–Kier alpha value is -0.580. The summed E-state index contributed by atoms with van der Waals surface area (Å²) in [7, 11) is 0. The highest BCUT2D eigenvalue weighted by Crippen LogP contribution is 2.32. The third kappa shape index (κ3) is 2.49. The number of carbonyl (C=O) groups excluding carboxylic acids is 1. The van der Waals surface area contributed by atoms with E-state index in [9.17, 15) is 9.90 Å². The van der Waals surface area contributed by atoms with Crippen molar-refractivity contribution in [3.05, 3.63) is 33.3 Å². The van der Waals surface area contributed by atoms with Gasteiger partial charge in [0.05, 0.1) is 22.7 Å². The minimum atomic E-state index is -0.442. The maximum Gasteiger partial charge on any atom is 0.253 e. The van der Waals surface area contributed by atoms with Crippen LogP contribution in [0, 0.1) is 0 Å². The van der Waals surface area contributed by atoms with Crippen LogP contribution < -0.4 is 5.32 Å². The molecule has 1 fully saturated rings. The molecule has 0 heterocycles. The second-order valence-corrected chi connectivity index (χ2v) is 5.58. The summed E-state index contributed by atoms with van der Waals surface area (Å²) in [4.78, 5) is 12.1. The van der Waals surface area contributed by atoms with Crippen LogP contribution in [0.15, 0.2) is 22.7 Å². The van der Waals surface area contributed by atoms with E-state index < -0.39 is 5.54 Å². The summed E-state index contributed by atoms with van der Waals surface area (Å²) in [6.07, 6.45) is 2.68. The summed E-state index contributed by atoms with van der Waals surface area (Å²) >= 11 is 9.33. The molecule has 0 bridgehead atoms. The number of benzene rings is 1. The number of amides is 1. The van der Waals surface area contributed by atoms with Gasteiger partial charge in [0.2, 0.25) is 0 Å². The van der Waals surface area contributed by atoms with Crippen LogP contribution in [0.3, 0.4) is 0 Å². The molecule has 0 aromatic heterocycles. The maximum atomic E-state index is 12.1. The Labute approximate surface area is 113 Å². The van der Waals surface area contributed by atoms with Gasteiger partial charge < -0.3 is 10.4 Å². The van der Waals surface area contributed by atoms with Crippen LogP contribution >= 0.6 is 27.5 Å². The first-order chi connectivity index (χ1) is 8.08. The molecular formula is C12H13BrClNO2. The predicted molar refractivity (Wildman–Crippen MR) is 70.3 cm³/mol. The normalized spacial score (nSPS) is 17.4. The maximum absolute atomic E-state index is 12.1. The highest BCUT2D eigenvalue weighted by molar-refractivity contribution is 9.10. The molecule has 1 aromatic carbocycles. The van der Waals surface area contributed by atoms with Crippen LogP contribution in [0.1, 0.15) is 29.6 Å². The standard InChI is InChI=1S/C12H13BrClNO2/c13-9-4-1-3-8(10(9)14)11(17)15-12(7-16)5-2-6-12/h1,3-4,16H,2,5-7H2,(H,15,17). The van der Waals surface area contributed by atoms with E-state index in [1.54, 1.807) is 18.2 Å². The average molecular weight is 319 g/mol. The van der Waals surface area contributed by atoms with E-state index in [2.05, 4.69) is 21.2 Å². The lowest BCUT2D eigenvalue weighted by Crippen LogP contribution is -2.56. The van der Waals surface area contributed by atoms with Gasteiger partial charge in [-0.1, -0.05) is 17.7 Å². The number of aliphatic hydroxyl groups excluding tert-OH is 1. The molecule has 0 unspecified atom stereocenters. The minimum Gasteiger partial charge on any atom is -0.394 e. The van der Waals surface area contributed by atoms with Crippen molar-refractivity contribution in [1.29, 1.82) is 0 Å². The Kier molecular flexibility index (Phi) is 3.76. The number of halogens is 2. The van der Waals surface area contributed by atoms with Gasteiger partial charge in [0.1, 0.15) is 0 Å². The average Bonchev–Trinajstić information content (AvgIpc) is 2.27. The molecule has 1 aromatic rings. The van der Waals surface area contributed by atoms with Gasteiger partial charge in [-0.25, -0.2) is 0 Å². The Morgan fingerprint density at radius 1 is 1.53 bits per heavy atom. The molecule has 2 N–H and O–H groups in total. The molecule has 17 heavy (non-hydrogen) atoms. The van der Waals surface area contributed by atoms with Gasteiger partial charge in [0.15, 0.2) is 0 Å². The van der Waals surface area contributed by atoms with Crippen molar-refractivity contribution in [1.82, 2.24) is 5.32 Å². The molecule has 1 amide bonds. The largest absolute Gasteiger partial charge is 0.394 e. The zero-order valence-corrected chi connectivity index (χ0v) is 11.5. The van der Waals surface area contributed by atoms with Crippen molar-refractivity contribution in [2.75, 3.05) is 6.61 Å². The van der Waals surface area contributed by atoms with Gasteiger partial charge in [-0.2, -0.15) is 0 Å². The predicted octanol–water partition coefficient (Wildman–Crippen LogP) is 2.75. The quantitative estimate of drug-likeness (QED) is 0.900. The zero-order chi connectivity index (χ0) is 12.5. The molecule has 1 aliphatic carbocycles. The molecule has 1 aliphatic rings. The number of rotatable bonds is 3. The first kappa shape index (κ1) is 12.9. The third-order valence-corrected chi connectivity index (χ3v) is 4.48. The fourth-order valence-electron chi connectivity index (χ4n) is 1.91. The van der Waals surface area contributed by atoms with Crippen molar-refractivity contribution in [3.8, 4) is 0 Å². The molecule has 0 radical (unpaired) electrons. The third-order valence-electron chi connectivity index (χ3n) is 3.19. The van der Waals surface area contributed by atoms with E-state index in [0.29, 0.717) is 15.1 Å². The van der Waals surface area contributed by atoms with Crippen LogP contribution in [0.25, 0.3) is 0 Å². The fourth-order valence-corrected chi connectivity index (χ4v) is 2.49. The Morgan fingerprint density at radius 3 is 2.76 bits per heavy atom. The summed E-state index contributed by atoms with van der Waals surface area (Å²) in [5, 5.41) is 12.6. The minimum absolute atomic E-state index is 0.0235. The SMILES string of the molecule is O=C(NC1(CO)CCC1)c1cccc(Br)c1Cl. The second kappa shape index (κ2) is 4.96. The molecule has 0 atom stereocenters. The van der Waals surface area contributed by atoms with Crippen LogP contribution in [-0.4, -0.2) is 23.2 Å². The number of aliphatic hydroxyl groups is 1. The smallest absolute Gasteiger partial charge is 0.253 e. The molecule has 0 saturated heterocycles. The first-order valence-corrected chi connectivity index (χ1v) is 6.62. The van der Waals surface area contributed by atoms with Crippen LogP contribution in [0.2, 0.25) is 5.02 Å². The molecule has 0 spiro atoms. The monoisotopic (exact) mass is 317 g/mol. The Morgan fingerprint density at radius 2 is 2.24 bits per heavy atom. The Bertz CT molecular complexity index is 441. The first-order valence-electron chi connectivity index (χ1n) is 5.45. The van der Waals surface area contributed by atoms with E-state index in [1.807, 2.05) is 0 Å². The summed E-state index contributed by atoms with van der Waals surface area (Å²) in [6.45, 7) is -0.0235. The molecule has 1 saturated carbocycles. The Balaban J connectivity index is 2.17. The number of hydrogen-bond acceptors (Lipinski definition) is 2. The molecule has 5 heteroatoms. The van der Waals surface area contributed by atoms with Crippen LogP contribution in [-0.2, 0) is 0 Å². The van der Waals surface area contributed by atoms with Crippen LogP contribution in [0.4, 0.5) is 0 Å². The lowest BCUT2D eigenvalue weighted by molar-refractivity contribution is 0.0642. The molecule has 2 rings (SSSR count). The van der Waals surface area contributed by atoms with Gasteiger partial charge in [-0.15, -0.1) is 0 Å². The van der Waals surface area contributed by atoms with E-state index in [4.69, 9.17) is 11.6 Å². The van der Waals surface area contributed by atoms with E-state index in [1.165, 1.54) is 0 Å². The van der Waals surface area contributed by atoms with E-state index >= 15 is 0 Å². The van der Waals surface area contributed by atoms with E-state index in [0.717, 1.165) is 19.3 Å². The molecule has 92 valence electrons. The highest BCUT2D eigenvalue weighted by Gasteiger charge is 2.38. The number of nitrogens with one attached hydrogen (secondary N) is 1. The molecular weight excluding hydrogens is 305 g/mol. The van der Waals surface area contributed by atoms with Crippen LogP contribution in [0.5, 0.6) is 0 Å². The summed E-state index contributed by atoms with van der Waals surface area (Å²) in [6, 6.07) is 5.22. The van der Waals surface area contributed by atoms with Crippen molar-refractivity contribution >= 4 is 33.4 Å². The highest BCUT2D eigenvalue weighted by atomic mass is 79.9. The van der Waals surface area contributed by atoms with Gasteiger partial charge in [0.25, 0.3) is 5.91 Å². The lowest BCUT2D eigenvalue weighted by atomic mass is 9.77.